The van der Waals surface area contributed by atoms with Crippen molar-refractivity contribution >= 4 is 17.5 Å². The van der Waals surface area contributed by atoms with Gasteiger partial charge in [-0.05, 0) is 72.9 Å². The van der Waals surface area contributed by atoms with Gasteiger partial charge in [-0.3, -0.25) is 4.79 Å². The number of aryl methyl sites for hydroxylation is 2. The first kappa shape index (κ1) is 25.8. The van der Waals surface area contributed by atoms with Crippen molar-refractivity contribution in [1.29, 1.82) is 0 Å². The maximum atomic E-state index is 12.7. The number of halogens is 3. The Labute approximate surface area is 202 Å². The van der Waals surface area contributed by atoms with Crippen LogP contribution in [-0.4, -0.2) is 31.4 Å². The van der Waals surface area contributed by atoms with Crippen molar-refractivity contribution in [2.75, 3.05) is 19.5 Å². The molecule has 3 aromatic rings. The maximum absolute atomic E-state index is 12.7. The molecule has 1 atom stereocenters. The first-order valence-corrected chi connectivity index (χ1v) is 11.8. The number of hydrogen-bond acceptors (Lipinski definition) is 4. The third-order valence-electron chi connectivity index (χ3n) is 5.48. The minimum Gasteiger partial charge on any atom is -0.485 e. The summed E-state index contributed by atoms with van der Waals surface area (Å²) < 4.78 is 48.8. The molecule has 0 saturated heterocycles. The van der Waals surface area contributed by atoms with Crippen molar-refractivity contribution in [3.8, 4) is 16.9 Å². The smallest absolute Gasteiger partial charge is 0.416 e. The highest BCUT2D eigenvalue weighted by Crippen LogP contribution is 2.31. The van der Waals surface area contributed by atoms with E-state index in [1.165, 1.54) is 19.2 Å². The predicted molar refractivity (Wildman–Crippen MR) is 129 cm³/mol. The van der Waals surface area contributed by atoms with Gasteiger partial charge in [-0.25, -0.2) is 0 Å². The molecular weight excluding hydrogens is 461 g/mol. The third kappa shape index (κ3) is 7.11. The predicted octanol–water partition coefficient (Wildman–Crippen LogP) is 7.00. The number of ether oxygens (including phenoxy) is 2. The van der Waals surface area contributed by atoms with E-state index in [-0.39, 0.29) is 12.4 Å². The van der Waals surface area contributed by atoms with Crippen molar-refractivity contribution in [2.45, 2.75) is 37.4 Å². The second-order valence-electron chi connectivity index (χ2n) is 7.93. The molecule has 0 aromatic heterocycles. The summed E-state index contributed by atoms with van der Waals surface area (Å²) in [4.78, 5) is 13.0. The average molecular weight is 489 g/mol. The Morgan fingerprint density at radius 2 is 1.59 bits per heavy atom. The van der Waals surface area contributed by atoms with Gasteiger partial charge < -0.3 is 9.47 Å². The van der Waals surface area contributed by atoms with Gasteiger partial charge in [-0.15, -0.1) is 11.8 Å². The van der Waals surface area contributed by atoms with Crippen LogP contribution in [-0.2, 0) is 22.1 Å². The summed E-state index contributed by atoms with van der Waals surface area (Å²) in [5.41, 5.74) is 3.11. The van der Waals surface area contributed by atoms with Gasteiger partial charge in [0.2, 0.25) is 0 Å². The molecule has 3 nitrogen and oxygen atoms in total. The molecule has 0 radical (unpaired) electrons. The molecule has 3 rings (SSSR count). The number of carbonyl (C=O) groups is 1. The molecule has 180 valence electrons. The molecule has 0 fully saturated rings. The molecule has 0 aliphatic carbocycles. The van der Waals surface area contributed by atoms with Crippen LogP contribution in [0.15, 0.2) is 71.6 Å². The minimum atomic E-state index is -4.33. The summed E-state index contributed by atoms with van der Waals surface area (Å²) in [6.07, 6.45) is -3.95. The number of benzene rings is 3. The van der Waals surface area contributed by atoms with E-state index in [1.807, 2.05) is 49.4 Å². The molecule has 0 saturated carbocycles. The van der Waals surface area contributed by atoms with Crippen LogP contribution in [0.4, 0.5) is 13.2 Å². The lowest BCUT2D eigenvalue weighted by molar-refractivity contribution is -0.137. The van der Waals surface area contributed by atoms with Gasteiger partial charge in [0.25, 0.3) is 0 Å². The van der Waals surface area contributed by atoms with E-state index in [9.17, 15) is 18.0 Å². The number of alkyl halides is 3. The first-order chi connectivity index (χ1) is 16.2. The van der Waals surface area contributed by atoms with E-state index in [0.717, 1.165) is 51.5 Å². The topological polar surface area (TPSA) is 35.5 Å². The Hall–Kier alpha value is -2.77. The van der Waals surface area contributed by atoms with Crippen molar-refractivity contribution in [2.24, 2.45) is 0 Å². The number of thioether (sulfide) groups is 1. The summed E-state index contributed by atoms with van der Waals surface area (Å²) in [6, 6.07) is 19.0. The van der Waals surface area contributed by atoms with Gasteiger partial charge in [-0.2, -0.15) is 13.2 Å². The van der Waals surface area contributed by atoms with Crippen LogP contribution >= 0.6 is 11.8 Å². The summed E-state index contributed by atoms with van der Waals surface area (Å²) in [7, 11) is 1.49. The Kier molecular flexibility index (Phi) is 8.80. The molecule has 1 unspecified atom stereocenters. The molecule has 0 aliphatic heterocycles. The quantitative estimate of drug-likeness (QED) is 0.288. The van der Waals surface area contributed by atoms with Gasteiger partial charge >= 0.3 is 6.18 Å². The van der Waals surface area contributed by atoms with Gasteiger partial charge in [0.15, 0.2) is 5.78 Å². The Morgan fingerprint density at radius 3 is 2.15 bits per heavy atom. The van der Waals surface area contributed by atoms with Crippen LogP contribution in [0.1, 0.15) is 23.6 Å². The molecule has 0 bridgehead atoms. The van der Waals surface area contributed by atoms with Crippen LogP contribution in [0.25, 0.3) is 11.1 Å². The van der Waals surface area contributed by atoms with Crippen molar-refractivity contribution in [3.63, 3.8) is 0 Å². The van der Waals surface area contributed by atoms with E-state index in [2.05, 4.69) is 0 Å². The number of ketones is 1. The van der Waals surface area contributed by atoms with E-state index >= 15 is 0 Å². The lowest BCUT2D eigenvalue weighted by Gasteiger charge is -2.12. The largest absolute Gasteiger partial charge is 0.485 e. The molecule has 0 spiro atoms. The Bertz CT molecular complexity index is 1090. The highest BCUT2D eigenvalue weighted by Gasteiger charge is 2.29. The van der Waals surface area contributed by atoms with Crippen LogP contribution in [0, 0.1) is 6.92 Å². The number of methoxy groups -OCH3 is 1. The summed E-state index contributed by atoms with van der Waals surface area (Å²) in [5, 5.41) is 0. The van der Waals surface area contributed by atoms with E-state index in [1.54, 1.807) is 18.7 Å². The molecule has 0 aliphatic rings. The fourth-order valence-electron chi connectivity index (χ4n) is 3.27. The number of carbonyl (C=O) groups excluding carboxylic acids is 1. The summed E-state index contributed by atoms with van der Waals surface area (Å²) >= 11 is 1.73. The van der Waals surface area contributed by atoms with Crippen LogP contribution in [0.5, 0.6) is 5.75 Å². The van der Waals surface area contributed by atoms with Gasteiger partial charge in [0.1, 0.15) is 18.5 Å². The second-order valence-corrected chi connectivity index (χ2v) is 9.10. The lowest BCUT2D eigenvalue weighted by atomic mass is 10.0. The SMILES string of the molecule is COC(C)C(=O)COc1ccc(SCCc2ccc(-c3ccc(C(F)(F)F)cc3)cc2)cc1C. The third-order valence-corrected chi connectivity index (χ3v) is 6.48. The highest BCUT2D eigenvalue weighted by atomic mass is 32.2. The van der Waals surface area contributed by atoms with Crippen LogP contribution in [0.2, 0.25) is 0 Å². The fraction of sp³-hybridized carbons (Fsp3) is 0.296. The zero-order valence-corrected chi connectivity index (χ0v) is 20.1. The Balaban J connectivity index is 1.50. The number of rotatable bonds is 10. The zero-order valence-electron chi connectivity index (χ0n) is 19.3. The summed E-state index contributed by atoms with van der Waals surface area (Å²) in [5.74, 6) is 1.45. The van der Waals surface area contributed by atoms with E-state index < -0.39 is 17.8 Å². The number of hydrogen-bond donors (Lipinski definition) is 0. The number of Topliss-reactive ketones (excluding diaryl/α,β-unsaturated/α-hetero) is 1. The monoisotopic (exact) mass is 488 g/mol. The molecule has 34 heavy (non-hydrogen) atoms. The lowest BCUT2D eigenvalue weighted by Crippen LogP contribution is -2.25. The zero-order chi connectivity index (χ0) is 24.7. The Morgan fingerprint density at radius 1 is 0.971 bits per heavy atom. The molecule has 3 aromatic carbocycles. The second kappa shape index (κ2) is 11.6. The van der Waals surface area contributed by atoms with E-state index in [0.29, 0.717) is 5.75 Å². The van der Waals surface area contributed by atoms with Gasteiger partial charge in [-0.1, -0.05) is 36.4 Å². The molecular formula is C27H27F3O3S. The van der Waals surface area contributed by atoms with Gasteiger partial charge in [0, 0.05) is 17.8 Å². The standard InChI is InChI=1S/C27H27F3O3S/c1-18-16-24(12-13-26(18)33-17-25(31)19(2)32-3)34-15-14-20-4-6-21(7-5-20)22-8-10-23(11-9-22)27(28,29)30/h4-13,16,19H,14-15,17H2,1-3H3. The first-order valence-electron chi connectivity index (χ1n) is 10.9. The van der Waals surface area contributed by atoms with Gasteiger partial charge in [0.05, 0.1) is 5.56 Å². The maximum Gasteiger partial charge on any atom is 0.416 e. The fourth-order valence-corrected chi connectivity index (χ4v) is 4.27. The summed E-state index contributed by atoms with van der Waals surface area (Å²) in [6.45, 7) is 3.62. The van der Waals surface area contributed by atoms with Crippen LogP contribution in [0.3, 0.4) is 0 Å². The average Bonchev–Trinajstić information content (AvgIpc) is 2.83. The van der Waals surface area contributed by atoms with E-state index in [4.69, 9.17) is 9.47 Å². The van der Waals surface area contributed by atoms with Crippen molar-refractivity contribution < 1.29 is 27.4 Å². The minimum absolute atomic E-state index is 0.0230. The van der Waals surface area contributed by atoms with Crippen molar-refractivity contribution in [3.05, 3.63) is 83.4 Å². The highest BCUT2D eigenvalue weighted by molar-refractivity contribution is 7.99. The molecule has 0 heterocycles. The molecule has 7 heteroatoms. The van der Waals surface area contributed by atoms with Crippen molar-refractivity contribution in [1.82, 2.24) is 0 Å². The molecule has 0 N–H and O–H groups in total. The normalized spacial score (nSPS) is 12.4. The van der Waals surface area contributed by atoms with Crippen LogP contribution < -0.4 is 4.74 Å². The molecule has 0 amide bonds.